The quantitative estimate of drug-likeness (QED) is 0.780. The molecule has 0 saturated carbocycles. The summed E-state index contributed by atoms with van der Waals surface area (Å²) in [6, 6.07) is 6.12. The predicted molar refractivity (Wildman–Crippen MR) is 74.5 cm³/mol. The zero-order chi connectivity index (χ0) is 13.0. The standard InChI is InChI=1S/C16H26O/c1-6-13-10-14(7-8-16(13)17)15(12(4)5)9-11(2)3/h7-8,10-12,15,17H,6,9H2,1-5H3. The van der Waals surface area contributed by atoms with Crippen molar-refractivity contribution in [3.05, 3.63) is 29.3 Å². The van der Waals surface area contributed by atoms with Gasteiger partial charge in [-0.3, -0.25) is 0 Å². The van der Waals surface area contributed by atoms with Crippen LogP contribution in [-0.4, -0.2) is 5.11 Å². The van der Waals surface area contributed by atoms with Gasteiger partial charge in [-0.05, 0) is 47.8 Å². The number of hydrogen-bond donors (Lipinski definition) is 1. The van der Waals surface area contributed by atoms with E-state index in [4.69, 9.17) is 0 Å². The van der Waals surface area contributed by atoms with Gasteiger partial charge in [-0.25, -0.2) is 0 Å². The van der Waals surface area contributed by atoms with E-state index in [9.17, 15) is 5.11 Å². The molecule has 0 radical (unpaired) electrons. The summed E-state index contributed by atoms with van der Waals surface area (Å²) in [5.41, 5.74) is 2.44. The van der Waals surface area contributed by atoms with Crippen LogP contribution in [0.4, 0.5) is 0 Å². The third-order valence-electron chi connectivity index (χ3n) is 3.44. The minimum absolute atomic E-state index is 0.434. The van der Waals surface area contributed by atoms with Crippen LogP contribution in [0.1, 0.15) is 58.1 Å². The molecule has 0 fully saturated rings. The van der Waals surface area contributed by atoms with Crippen molar-refractivity contribution in [2.75, 3.05) is 0 Å². The summed E-state index contributed by atoms with van der Waals surface area (Å²) < 4.78 is 0. The summed E-state index contributed by atoms with van der Waals surface area (Å²) in [5.74, 6) is 2.39. The number of phenols is 1. The van der Waals surface area contributed by atoms with E-state index in [2.05, 4.69) is 46.8 Å². The molecule has 1 atom stereocenters. The van der Waals surface area contributed by atoms with Gasteiger partial charge in [-0.2, -0.15) is 0 Å². The molecule has 1 heteroatoms. The van der Waals surface area contributed by atoms with Gasteiger partial charge in [0.25, 0.3) is 0 Å². The van der Waals surface area contributed by atoms with Crippen molar-refractivity contribution in [1.82, 2.24) is 0 Å². The molecule has 0 amide bonds. The van der Waals surface area contributed by atoms with E-state index in [1.54, 1.807) is 0 Å². The number of rotatable bonds is 5. The Kier molecular flexibility index (Phi) is 5.04. The van der Waals surface area contributed by atoms with E-state index in [1.807, 2.05) is 6.07 Å². The van der Waals surface area contributed by atoms with Gasteiger partial charge in [-0.15, -0.1) is 0 Å². The third-order valence-corrected chi connectivity index (χ3v) is 3.44. The second-order valence-electron chi connectivity index (χ2n) is 5.72. The van der Waals surface area contributed by atoms with Crippen LogP contribution in [0.2, 0.25) is 0 Å². The van der Waals surface area contributed by atoms with Crippen LogP contribution < -0.4 is 0 Å². The van der Waals surface area contributed by atoms with Crippen LogP contribution in [0.3, 0.4) is 0 Å². The molecule has 1 nitrogen and oxygen atoms in total. The number of hydrogen-bond acceptors (Lipinski definition) is 1. The van der Waals surface area contributed by atoms with Crippen LogP contribution in [-0.2, 0) is 6.42 Å². The fourth-order valence-corrected chi connectivity index (χ4v) is 2.42. The normalized spacial score (nSPS) is 13.4. The van der Waals surface area contributed by atoms with E-state index >= 15 is 0 Å². The molecule has 0 aromatic heterocycles. The summed E-state index contributed by atoms with van der Waals surface area (Å²) in [6.45, 7) is 11.2. The maximum absolute atomic E-state index is 9.74. The lowest BCUT2D eigenvalue weighted by Crippen LogP contribution is -2.10. The SMILES string of the molecule is CCc1cc(C(CC(C)C)C(C)C)ccc1O. The molecular formula is C16H26O. The molecule has 0 aliphatic heterocycles. The third kappa shape index (κ3) is 3.76. The Hall–Kier alpha value is -0.980. The molecule has 17 heavy (non-hydrogen) atoms. The van der Waals surface area contributed by atoms with Gasteiger partial charge in [0.2, 0.25) is 0 Å². The van der Waals surface area contributed by atoms with E-state index in [0.717, 1.165) is 12.0 Å². The van der Waals surface area contributed by atoms with Crippen molar-refractivity contribution in [2.45, 2.75) is 53.4 Å². The number of phenolic OH excluding ortho intramolecular Hbond substituents is 1. The minimum Gasteiger partial charge on any atom is -0.508 e. The lowest BCUT2D eigenvalue weighted by molar-refractivity contribution is 0.406. The first kappa shape index (κ1) is 14.1. The summed E-state index contributed by atoms with van der Waals surface area (Å²) >= 11 is 0. The Labute approximate surface area is 106 Å². The molecule has 1 N–H and O–H groups in total. The molecule has 0 aliphatic carbocycles. The fourth-order valence-electron chi connectivity index (χ4n) is 2.42. The predicted octanol–water partition coefficient (Wildman–Crippen LogP) is 4.74. The van der Waals surface area contributed by atoms with Gasteiger partial charge in [-0.1, -0.05) is 46.8 Å². The number of aryl methyl sites for hydroxylation is 1. The van der Waals surface area contributed by atoms with Crippen molar-refractivity contribution >= 4 is 0 Å². The van der Waals surface area contributed by atoms with E-state index in [0.29, 0.717) is 23.5 Å². The Balaban J connectivity index is 3.01. The average Bonchev–Trinajstić information content (AvgIpc) is 2.26. The topological polar surface area (TPSA) is 20.2 Å². The second kappa shape index (κ2) is 6.09. The maximum Gasteiger partial charge on any atom is 0.118 e. The van der Waals surface area contributed by atoms with Crippen LogP contribution in [0.5, 0.6) is 5.75 Å². The molecule has 96 valence electrons. The second-order valence-corrected chi connectivity index (χ2v) is 5.72. The minimum atomic E-state index is 0.434. The largest absolute Gasteiger partial charge is 0.508 e. The van der Waals surface area contributed by atoms with Gasteiger partial charge >= 0.3 is 0 Å². The number of benzene rings is 1. The van der Waals surface area contributed by atoms with Gasteiger partial charge < -0.3 is 5.11 Å². The van der Waals surface area contributed by atoms with Crippen molar-refractivity contribution in [3.63, 3.8) is 0 Å². The van der Waals surface area contributed by atoms with Crippen molar-refractivity contribution < 1.29 is 5.11 Å². The van der Waals surface area contributed by atoms with Crippen LogP contribution in [0.25, 0.3) is 0 Å². The Morgan fingerprint density at radius 2 is 1.76 bits per heavy atom. The zero-order valence-corrected chi connectivity index (χ0v) is 11.8. The summed E-state index contributed by atoms with van der Waals surface area (Å²) in [6.07, 6.45) is 2.11. The molecule has 1 unspecified atom stereocenters. The first-order valence-electron chi connectivity index (χ1n) is 6.77. The average molecular weight is 234 g/mol. The highest BCUT2D eigenvalue weighted by atomic mass is 16.3. The molecule has 0 heterocycles. The Morgan fingerprint density at radius 1 is 1.12 bits per heavy atom. The summed E-state index contributed by atoms with van der Waals surface area (Å²) in [7, 11) is 0. The van der Waals surface area contributed by atoms with Gasteiger partial charge in [0.15, 0.2) is 0 Å². The first-order valence-corrected chi connectivity index (χ1v) is 6.77. The van der Waals surface area contributed by atoms with Crippen LogP contribution in [0.15, 0.2) is 18.2 Å². The van der Waals surface area contributed by atoms with Crippen LogP contribution >= 0.6 is 0 Å². The summed E-state index contributed by atoms with van der Waals surface area (Å²) in [4.78, 5) is 0. The van der Waals surface area contributed by atoms with E-state index in [-0.39, 0.29) is 0 Å². The van der Waals surface area contributed by atoms with Gasteiger partial charge in [0.05, 0.1) is 0 Å². The lowest BCUT2D eigenvalue weighted by Gasteiger charge is -2.24. The van der Waals surface area contributed by atoms with E-state index < -0.39 is 0 Å². The zero-order valence-electron chi connectivity index (χ0n) is 11.8. The highest BCUT2D eigenvalue weighted by molar-refractivity contribution is 5.37. The van der Waals surface area contributed by atoms with E-state index in [1.165, 1.54) is 12.0 Å². The smallest absolute Gasteiger partial charge is 0.118 e. The monoisotopic (exact) mass is 234 g/mol. The fraction of sp³-hybridized carbons (Fsp3) is 0.625. The molecule has 1 aromatic carbocycles. The maximum atomic E-state index is 9.74. The molecule has 1 aromatic rings. The molecule has 0 saturated heterocycles. The Bertz CT molecular complexity index is 353. The highest BCUT2D eigenvalue weighted by Gasteiger charge is 2.18. The molecule has 1 rings (SSSR count). The van der Waals surface area contributed by atoms with Crippen molar-refractivity contribution in [2.24, 2.45) is 11.8 Å². The summed E-state index contributed by atoms with van der Waals surface area (Å²) in [5, 5.41) is 9.74. The first-order chi connectivity index (χ1) is 7.95. The van der Waals surface area contributed by atoms with Gasteiger partial charge in [0.1, 0.15) is 5.75 Å². The lowest BCUT2D eigenvalue weighted by atomic mass is 9.81. The molecular weight excluding hydrogens is 208 g/mol. The van der Waals surface area contributed by atoms with Gasteiger partial charge in [0, 0.05) is 0 Å². The molecule has 0 aliphatic rings. The van der Waals surface area contributed by atoms with Crippen molar-refractivity contribution in [1.29, 1.82) is 0 Å². The van der Waals surface area contributed by atoms with Crippen LogP contribution in [0, 0.1) is 11.8 Å². The molecule has 0 bridgehead atoms. The highest BCUT2D eigenvalue weighted by Crippen LogP contribution is 2.33. The number of aromatic hydroxyl groups is 1. The Morgan fingerprint density at radius 3 is 2.24 bits per heavy atom. The van der Waals surface area contributed by atoms with Crippen molar-refractivity contribution in [3.8, 4) is 5.75 Å². The molecule has 0 spiro atoms.